The fourth-order valence-electron chi connectivity index (χ4n) is 3.05. The zero-order valence-electron chi connectivity index (χ0n) is 16.6. The fourth-order valence-corrected chi connectivity index (χ4v) is 3.05. The van der Waals surface area contributed by atoms with E-state index in [1.165, 1.54) is 18.2 Å². The number of hydrogen-bond donors (Lipinski definition) is 2. The van der Waals surface area contributed by atoms with E-state index in [0.29, 0.717) is 0 Å². The highest BCUT2D eigenvalue weighted by atomic mass is 19.1. The molecule has 0 radical (unpaired) electrons. The average molecular weight is 420 g/mol. The first kappa shape index (κ1) is 21.7. The Morgan fingerprint density at radius 2 is 1.32 bits per heavy atom. The second kappa shape index (κ2) is 10.7. The van der Waals surface area contributed by atoms with Crippen molar-refractivity contribution >= 4 is 17.8 Å². The third-order valence-corrected chi connectivity index (χ3v) is 4.57. The monoisotopic (exact) mass is 420 g/mol. The molecule has 158 valence electrons. The predicted octanol–water partition coefficient (Wildman–Crippen LogP) is 3.35. The number of ether oxygens (including phenoxy) is 1. The maximum atomic E-state index is 13.6. The molecule has 0 spiro atoms. The van der Waals surface area contributed by atoms with Crippen molar-refractivity contribution in [1.29, 1.82) is 0 Å². The van der Waals surface area contributed by atoms with Crippen molar-refractivity contribution < 1.29 is 23.5 Å². The van der Waals surface area contributed by atoms with E-state index in [0.717, 1.165) is 17.2 Å². The van der Waals surface area contributed by atoms with Crippen LogP contribution in [0.15, 0.2) is 84.9 Å². The van der Waals surface area contributed by atoms with Gasteiger partial charge in [-0.3, -0.25) is 25.2 Å². The average Bonchev–Trinajstić information content (AvgIpc) is 2.81. The van der Waals surface area contributed by atoms with Crippen LogP contribution in [0.2, 0.25) is 0 Å². The fraction of sp³-hybridized carbons (Fsp3) is 0.125. The van der Waals surface area contributed by atoms with Crippen molar-refractivity contribution in [3.63, 3.8) is 0 Å². The van der Waals surface area contributed by atoms with Crippen LogP contribution in [0, 0.1) is 5.82 Å². The molecule has 0 unspecified atom stereocenters. The van der Waals surface area contributed by atoms with Crippen molar-refractivity contribution in [3.05, 3.63) is 107 Å². The van der Waals surface area contributed by atoms with Crippen LogP contribution in [0.5, 0.6) is 0 Å². The molecule has 3 rings (SSSR count). The molecule has 0 saturated carbocycles. The van der Waals surface area contributed by atoms with Crippen LogP contribution in [0.3, 0.4) is 0 Å². The molecule has 0 aliphatic carbocycles. The zero-order chi connectivity index (χ0) is 22.1. The van der Waals surface area contributed by atoms with Gasteiger partial charge in [0.15, 0.2) is 6.61 Å². The van der Waals surface area contributed by atoms with Gasteiger partial charge in [-0.1, -0.05) is 72.8 Å². The minimum Gasteiger partial charge on any atom is -0.455 e. The van der Waals surface area contributed by atoms with E-state index in [1.54, 1.807) is 0 Å². The number of amides is 2. The Morgan fingerprint density at radius 3 is 1.90 bits per heavy atom. The van der Waals surface area contributed by atoms with Gasteiger partial charge in [0.05, 0.1) is 12.0 Å². The van der Waals surface area contributed by atoms with Crippen LogP contribution in [-0.4, -0.2) is 24.4 Å². The first-order valence-corrected chi connectivity index (χ1v) is 9.64. The van der Waals surface area contributed by atoms with E-state index in [9.17, 15) is 18.8 Å². The Labute approximate surface area is 179 Å². The molecular formula is C24H21FN2O4. The summed E-state index contributed by atoms with van der Waals surface area (Å²) in [5.41, 5.74) is 5.87. The summed E-state index contributed by atoms with van der Waals surface area (Å²) in [6.07, 6.45) is 0.0445. The lowest BCUT2D eigenvalue weighted by molar-refractivity contribution is -0.148. The van der Waals surface area contributed by atoms with E-state index < -0.39 is 30.2 Å². The topological polar surface area (TPSA) is 84.5 Å². The lowest BCUT2D eigenvalue weighted by Crippen LogP contribution is -2.43. The number of carbonyl (C=O) groups excluding carboxylic acids is 3. The molecule has 0 aromatic heterocycles. The third kappa shape index (κ3) is 6.24. The summed E-state index contributed by atoms with van der Waals surface area (Å²) in [4.78, 5) is 36.2. The van der Waals surface area contributed by atoms with Gasteiger partial charge >= 0.3 is 5.97 Å². The van der Waals surface area contributed by atoms with Gasteiger partial charge in [0, 0.05) is 5.92 Å². The normalized spacial score (nSPS) is 10.4. The van der Waals surface area contributed by atoms with Gasteiger partial charge in [-0.05, 0) is 23.3 Å². The van der Waals surface area contributed by atoms with Crippen molar-refractivity contribution in [2.45, 2.75) is 12.3 Å². The Hall–Kier alpha value is -4.00. The maximum Gasteiger partial charge on any atom is 0.307 e. The van der Waals surface area contributed by atoms with Gasteiger partial charge in [-0.15, -0.1) is 0 Å². The second-order valence-corrected chi connectivity index (χ2v) is 6.72. The van der Waals surface area contributed by atoms with Crippen LogP contribution in [0.25, 0.3) is 0 Å². The van der Waals surface area contributed by atoms with Gasteiger partial charge in [0.2, 0.25) is 0 Å². The Bertz CT molecular complexity index is 1000. The molecule has 0 fully saturated rings. The molecule has 0 aliphatic heterocycles. The van der Waals surface area contributed by atoms with Crippen molar-refractivity contribution in [2.75, 3.05) is 6.61 Å². The summed E-state index contributed by atoms with van der Waals surface area (Å²) in [6, 6.07) is 24.4. The maximum absolute atomic E-state index is 13.6. The lowest BCUT2D eigenvalue weighted by Gasteiger charge is -2.17. The van der Waals surface area contributed by atoms with E-state index >= 15 is 0 Å². The molecule has 6 nitrogen and oxygen atoms in total. The summed E-state index contributed by atoms with van der Waals surface area (Å²) < 4.78 is 18.6. The molecule has 31 heavy (non-hydrogen) atoms. The Kier molecular flexibility index (Phi) is 7.48. The number of esters is 1. The van der Waals surface area contributed by atoms with Gasteiger partial charge in [0.25, 0.3) is 11.8 Å². The van der Waals surface area contributed by atoms with Crippen molar-refractivity contribution in [3.8, 4) is 0 Å². The quantitative estimate of drug-likeness (QED) is 0.454. The molecule has 0 bridgehead atoms. The molecule has 0 aliphatic rings. The molecule has 3 aromatic carbocycles. The van der Waals surface area contributed by atoms with E-state index in [4.69, 9.17) is 4.74 Å². The molecule has 0 saturated heterocycles. The predicted molar refractivity (Wildman–Crippen MR) is 112 cm³/mol. The van der Waals surface area contributed by atoms with Gasteiger partial charge in [0.1, 0.15) is 5.82 Å². The highest BCUT2D eigenvalue weighted by Crippen LogP contribution is 2.28. The van der Waals surface area contributed by atoms with Gasteiger partial charge in [-0.25, -0.2) is 4.39 Å². The summed E-state index contributed by atoms with van der Waals surface area (Å²) in [7, 11) is 0. The lowest BCUT2D eigenvalue weighted by atomic mass is 9.89. The molecule has 3 aromatic rings. The number of halogens is 1. The number of carbonyl (C=O) groups is 3. The van der Waals surface area contributed by atoms with Crippen LogP contribution in [-0.2, 0) is 14.3 Å². The Morgan fingerprint density at radius 1 is 0.774 bits per heavy atom. The van der Waals surface area contributed by atoms with Crippen LogP contribution < -0.4 is 10.9 Å². The smallest absolute Gasteiger partial charge is 0.307 e. The third-order valence-electron chi connectivity index (χ3n) is 4.57. The summed E-state index contributed by atoms with van der Waals surface area (Å²) >= 11 is 0. The highest BCUT2D eigenvalue weighted by Gasteiger charge is 2.20. The zero-order valence-corrected chi connectivity index (χ0v) is 16.6. The molecule has 7 heteroatoms. The molecule has 2 N–H and O–H groups in total. The van der Waals surface area contributed by atoms with Crippen LogP contribution >= 0.6 is 0 Å². The van der Waals surface area contributed by atoms with E-state index in [2.05, 4.69) is 10.9 Å². The summed E-state index contributed by atoms with van der Waals surface area (Å²) in [5, 5.41) is 0. The van der Waals surface area contributed by atoms with Gasteiger partial charge < -0.3 is 4.74 Å². The number of rotatable bonds is 7. The van der Waals surface area contributed by atoms with Crippen molar-refractivity contribution in [1.82, 2.24) is 10.9 Å². The van der Waals surface area contributed by atoms with Crippen LogP contribution in [0.4, 0.5) is 4.39 Å². The molecular weight excluding hydrogens is 399 g/mol. The Balaban J connectivity index is 1.52. The number of hydrazine groups is 1. The number of nitrogens with one attached hydrogen (secondary N) is 2. The summed E-state index contributed by atoms with van der Waals surface area (Å²) in [5.74, 6) is -3.06. The number of benzene rings is 3. The first-order valence-electron chi connectivity index (χ1n) is 9.64. The minimum atomic E-state index is -0.814. The SMILES string of the molecule is O=C(COC(=O)CC(c1ccccc1)c1ccccc1)NNC(=O)c1ccccc1F. The first-order chi connectivity index (χ1) is 15.0. The highest BCUT2D eigenvalue weighted by molar-refractivity contribution is 5.95. The van der Waals surface area contributed by atoms with E-state index in [1.807, 2.05) is 60.7 Å². The summed E-state index contributed by atoms with van der Waals surface area (Å²) in [6.45, 7) is -0.577. The number of hydrogen-bond acceptors (Lipinski definition) is 4. The van der Waals surface area contributed by atoms with Crippen molar-refractivity contribution in [2.24, 2.45) is 0 Å². The molecule has 0 heterocycles. The molecule has 0 atom stereocenters. The molecule has 2 amide bonds. The largest absolute Gasteiger partial charge is 0.455 e. The second-order valence-electron chi connectivity index (χ2n) is 6.72. The van der Waals surface area contributed by atoms with Crippen LogP contribution in [0.1, 0.15) is 33.8 Å². The van der Waals surface area contributed by atoms with Gasteiger partial charge in [-0.2, -0.15) is 0 Å². The minimum absolute atomic E-state index is 0.0445. The van der Waals surface area contributed by atoms with E-state index in [-0.39, 0.29) is 17.9 Å². The standard InChI is InChI=1S/C24H21FN2O4/c25-21-14-8-7-13-19(21)24(30)27-26-22(28)16-31-23(29)15-20(17-9-3-1-4-10-17)18-11-5-2-6-12-18/h1-14,20H,15-16H2,(H,26,28)(H,27,30).